The predicted molar refractivity (Wildman–Crippen MR) is 127 cm³/mol. The third-order valence-electron chi connectivity index (χ3n) is 6.70. The fourth-order valence-corrected chi connectivity index (χ4v) is 4.82. The Morgan fingerprint density at radius 3 is 2.82 bits per heavy atom. The molecule has 2 aromatic heterocycles. The van der Waals surface area contributed by atoms with Crippen LogP contribution in [0.1, 0.15) is 49.8 Å². The summed E-state index contributed by atoms with van der Waals surface area (Å²) in [6.07, 6.45) is 8.67. The van der Waals surface area contributed by atoms with Gasteiger partial charge in [-0.25, -0.2) is 0 Å². The summed E-state index contributed by atoms with van der Waals surface area (Å²) in [5, 5.41) is 3.29. The van der Waals surface area contributed by atoms with Crippen LogP contribution in [-0.2, 0) is 32.0 Å². The highest BCUT2D eigenvalue weighted by atomic mass is 16.5. The van der Waals surface area contributed by atoms with Gasteiger partial charge in [-0.05, 0) is 50.7 Å². The van der Waals surface area contributed by atoms with Crippen molar-refractivity contribution in [2.75, 3.05) is 47.1 Å². The molecule has 182 valence electrons. The number of hydrogen-bond acceptors (Lipinski definition) is 6. The molecule has 0 spiro atoms. The Morgan fingerprint density at radius 2 is 2.12 bits per heavy atom. The molecule has 1 aliphatic carbocycles. The van der Waals surface area contributed by atoms with E-state index in [1.54, 1.807) is 14.2 Å². The summed E-state index contributed by atoms with van der Waals surface area (Å²) in [5.41, 5.74) is 4.49. The number of carbonyl (C=O) groups excluding carboxylic acids is 1. The van der Waals surface area contributed by atoms with Crippen molar-refractivity contribution in [1.82, 2.24) is 19.8 Å². The zero-order valence-electron chi connectivity index (χ0n) is 20.2. The van der Waals surface area contributed by atoms with E-state index in [0.717, 1.165) is 68.4 Å². The molecule has 1 saturated heterocycles. The first kappa shape index (κ1) is 24.1. The van der Waals surface area contributed by atoms with Crippen LogP contribution in [0.4, 0.5) is 0 Å². The van der Waals surface area contributed by atoms with E-state index in [1.165, 1.54) is 5.56 Å². The normalized spacial score (nSPS) is 19.7. The number of fused-ring (bicyclic) bond motifs is 1. The molecule has 0 radical (unpaired) electrons. The number of unbranched alkanes of at least 4 members (excludes halogenated alkanes) is 1. The molecule has 8 heteroatoms. The maximum atomic E-state index is 13.5. The van der Waals surface area contributed by atoms with Crippen LogP contribution in [0.2, 0.25) is 0 Å². The Kier molecular flexibility index (Phi) is 8.35. The minimum atomic E-state index is -0.408. The Balaban J connectivity index is 1.66. The average molecular weight is 459 g/mol. The summed E-state index contributed by atoms with van der Waals surface area (Å²) in [5.74, 6) is 0.0914. The van der Waals surface area contributed by atoms with Crippen LogP contribution in [0.3, 0.4) is 0 Å². The number of methoxy groups -OCH3 is 2. The molecule has 2 aromatic rings. The monoisotopic (exact) mass is 458 g/mol. The third-order valence-corrected chi connectivity index (χ3v) is 6.70. The summed E-state index contributed by atoms with van der Waals surface area (Å²) in [4.78, 5) is 20.4. The van der Waals surface area contributed by atoms with Gasteiger partial charge in [0, 0.05) is 64.5 Å². The molecule has 8 nitrogen and oxygen atoms in total. The van der Waals surface area contributed by atoms with Gasteiger partial charge in [-0.1, -0.05) is 0 Å². The van der Waals surface area contributed by atoms with Gasteiger partial charge < -0.3 is 29.0 Å². The number of hydrogen-bond donors (Lipinski definition) is 1. The smallest absolute Gasteiger partial charge is 0.253 e. The van der Waals surface area contributed by atoms with Gasteiger partial charge in [0.2, 0.25) is 0 Å². The molecular weight excluding hydrogens is 420 g/mol. The van der Waals surface area contributed by atoms with Crippen LogP contribution in [-0.4, -0.2) is 79.6 Å². The van der Waals surface area contributed by atoms with Crippen molar-refractivity contribution in [3.63, 3.8) is 0 Å². The van der Waals surface area contributed by atoms with Gasteiger partial charge in [-0.15, -0.1) is 0 Å². The first-order valence-electron chi connectivity index (χ1n) is 12.2. The van der Waals surface area contributed by atoms with E-state index in [0.29, 0.717) is 19.8 Å². The highest BCUT2D eigenvalue weighted by Gasteiger charge is 2.40. The van der Waals surface area contributed by atoms with E-state index in [4.69, 9.17) is 19.2 Å². The van der Waals surface area contributed by atoms with E-state index < -0.39 is 6.10 Å². The van der Waals surface area contributed by atoms with Gasteiger partial charge >= 0.3 is 0 Å². The zero-order chi connectivity index (χ0) is 23.2. The molecule has 1 amide bonds. The van der Waals surface area contributed by atoms with Gasteiger partial charge in [0.1, 0.15) is 6.10 Å². The first-order chi connectivity index (χ1) is 16.2. The first-order valence-corrected chi connectivity index (χ1v) is 12.2. The predicted octanol–water partition coefficient (Wildman–Crippen LogP) is 2.69. The fourth-order valence-electron chi connectivity index (χ4n) is 4.82. The second-order valence-corrected chi connectivity index (χ2v) is 9.10. The van der Waals surface area contributed by atoms with Gasteiger partial charge in [-0.3, -0.25) is 9.78 Å². The van der Waals surface area contributed by atoms with Crippen LogP contribution in [0.5, 0.6) is 0 Å². The number of carbonyl (C=O) groups is 1. The molecule has 2 fully saturated rings. The molecule has 0 bridgehead atoms. The number of ether oxygens (including phenoxy) is 3. The van der Waals surface area contributed by atoms with Crippen molar-refractivity contribution in [3.05, 3.63) is 29.6 Å². The van der Waals surface area contributed by atoms with E-state index in [9.17, 15) is 4.79 Å². The molecule has 0 aromatic carbocycles. The Hall–Kier alpha value is -2.00. The molecule has 1 N–H and O–H groups in total. The second-order valence-electron chi connectivity index (χ2n) is 9.10. The van der Waals surface area contributed by atoms with Crippen LogP contribution in [0, 0.1) is 0 Å². The van der Waals surface area contributed by atoms with Crippen molar-refractivity contribution < 1.29 is 19.0 Å². The van der Waals surface area contributed by atoms with Crippen LogP contribution < -0.4 is 5.32 Å². The standard InChI is InChI=1S/C25H38N4O4/c1-18(29(20-6-7-20)25(30)22-16-26-11-15-33-22)21-17-28(12-4-5-13-31-2)24-19(9-14-32-3)8-10-27-23(21)24/h8,10,17-18,20,22,26H,4-7,9,11-16H2,1-3H3/t18-,22-/m1/s1. The van der Waals surface area contributed by atoms with Crippen molar-refractivity contribution in [1.29, 1.82) is 0 Å². The van der Waals surface area contributed by atoms with E-state index in [2.05, 4.69) is 34.0 Å². The molecule has 3 heterocycles. The van der Waals surface area contributed by atoms with E-state index in [-0.39, 0.29) is 18.0 Å². The quantitative estimate of drug-likeness (QED) is 0.493. The van der Waals surface area contributed by atoms with E-state index >= 15 is 0 Å². The largest absolute Gasteiger partial charge is 0.385 e. The van der Waals surface area contributed by atoms with Crippen LogP contribution in [0.25, 0.3) is 11.0 Å². The fraction of sp³-hybridized carbons (Fsp3) is 0.680. The van der Waals surface area contributed by atoms with Crippen molar-refractivity contribution in [2.24, 2.45) is 0 Å². The van der Waals surface area contributed by atoms with Gasteiger partial charge in [0.25, 0.3) is 5.91 Å². The number of aryl methyl sites for hydroxylation is 1. The molecule has 2 atom stereocenters. The lowest BCUT2D eigenvalue weighted by molar-refractivity contribution is -0.148. The summed E-state index contributed by atoms with van der Waals surface area (Å²) < 4.78 is 18.7. The molecule has 0 unspecified atom stereocenters. The Bertz CT molecular complexity index is 921. The van der Waals surface area contributed by atoms with Crippen LogP contribution >= 0.6 is 0 Å². The number of nitrogens with zero attached hydrogens (tertiary/aromatic N) is 3. The number of pyridine rings is 1. The molecule has 4 rings (SSSR count). The van der Waals surface area contributed by atoms with Crippen molar-refractivity contribution >= 4 is 16.9 Å². The summed E-state index contributed by atoms with van der Waals surface area (Å²) >= 11 is 0. The molecule has 1 saturated carbocycles. The lowest BCUT2D eigenvalue weighted by atomic mass is 10.1. The highest BCUT2D eigenvalue weighted by molar-refractivity contribution is 5.86. The van der Waals surface area contributed by atoms with Crippen molar-refractivity contribution in [2.45, 2.75) is 63.8 Å². The van der Waals surface area contributed by atoms with E-state index in [1.807, 2.05) is 6.20 Å². The third kappa shape index (κ3) is 5.57. The molecule has 33 heavy (non-hydrogen) atoms. The van der Waals surface area contributed by atoms with Gasteiger partial charge in [0.05, 0.1) is 30.3 Å². The Labute approximate surface area is 196 Å². The highest BCUT2D eigenvalue weighted by Crippen LogP contribution is 2.38. The number of morpholine rings is 1. The maximum Gasteiger partial charge on any atom is 0.253 e. The summed E-state index contributed by atoms with van der Waals surface area (Å²) in [6, 6.07) is 2.31. The maximum absolute atomic E-state index is 13.5. The number of rotatable bonds is 12. The zero-order valence-corrected chi connectivity index (χ0v) is 20.2. The Morgan fingerprint density at radius 1 is 1.30 bits per heavy atom. The molecule has 1 aliphatic heterocycles. The van der Waals surface area contributed by atoms with Crippen molar-refractivity contribution in [3.8, 4) is 0 Å². The number of aromatic nitrogens is 2. The lowest BCUT2D eigenvalue weighted by Gasteiger charge is -2.34. The lowest BCUT2D eigenvalue weighted by Crippen LogP contribution is -2.50. The molecular formula is C25H38N4O4. The van der Waals surface area contributed by atoms with Gasteiger partial charge in [-0.2, -0.15) is 0 Å². The topological polar surface area (TPSA) is 77.9 Å². The minimum Gasteiger partial charge on any atom is -0.385 e. The average Bonchev–Trinajstić information content (AvgIpc) is 3.61. The SMILES string of the molecule is COCCCCn1cc([C@@H](C)N(C(=O)[C@H]2CNCCO2)C2CC2)c2nccc(CCOC)c21. The van der Waals surface area contributed by atoms with Crippen LogP contribution in [0.15, 0.2) is 18.5 Å². The number of nitrogens with one attached hydrogen (secondary N) is 1. The number of amides is 1. The molecule has 2 aliphatic rings. The summed E-state index contributed by atoms with van der Waals surface area (Å²) in [6.45, 7) is 6.41. The second kappa shape index (κ2) is 11.4. The van der Waals surface area contributed by atoms with Gasteiger partial charge in [0.15, 0.2) is 0 Å². The summed E-state index contributed by atoms with van der Waals surface area (Å²) in [7, 11) is 3.48. The minimum absolute atomic E-state index is 0.0663.